The van der Waals surface area contributed by atoms with Crippen LogP contribution in [0.5, 0.6) is 0 Å². The van der Waals surface area contributed by atoms with Gasteiger partial charge in [0.1, 0.15) is 19.2 Å². The molecular weight excluding hydrogens is 138 g/mol. The van der Waals surface area contributed by atoms with Crippen LogP contribution in [-0.2, 0) is 6.54 Å². The SMILES string of the molecule is CCCC#CCn1cncn1. The van der Waals surface area contributed by atoms with Gasteiger partial charge < -0.3 is 0 Å². The fourth-order valence-corrected chi connectivity index (χ4v) is 0.665. The van der Waals surface area contributed by atoms with E-state index < -0.39 is 0 Å². The van der Waals surface area contributed by atoms with E-state index in [2.05, 4.69) is 28.8 Å². The molecular formula is C8H11N3. The smallest absolute Gasteiger partial charge is 0.137 e. The zero-order chi connectivity index (χ0) is 7.94. The second kappa shape index (κ2) is 4.51. The van der Waals surface area contributed by atoms with E-state index in [9.17, 15) is 0 Å². The molecule has 0 bridgehead atoms. The maximum atomic E-state index is 3.92. The second-order valence-electron chi connectivity index (χ2n) is 2.20. The highest BCUT2D eigenvalue weighted by atomic mass is 15.3. The summed E-state index contributed by atoms with van der Waals surface area (Å²) >= 11 is 0. The van der Waals surface area contributed by atoms with Gasteiger partial charge in [0.2, 0.25) is 0 Å². The second-order valence-corrected chi connectivity index (χ2v) is 2.20. The fraction of sp³-hybridized carbons (Fsp3) is 0.500. The van der Waals surface area contributed by atoms with Gasteiger partial charge in [-0.15, -0.1) is 5.92 Å². The molecule has 3 nitrogen and oxygen atoms in total. The lowest BCUT2D eigenvalue weighted by Gasteiger charge is -1.87. The van der Waals surface area contributed by atoms with E-state index in [0.717, 1.165) is 12.8 Å². The van der Waals surface area contributed by atoms with Gasteiger partial charge in [0.25, 0.3) is 0 Å². The Hall–Kier alpha value is -1.30. The number of aromatic nitrogens is 3. The topological polar surface area (TPSA) is 30.7 Å². The van der Waals surface area contributed by atoms with Crippen LogP contribution < -0.4 is 0 Å². The van der Waals surface area contributed by atoms with E-state index in [-0.39, 0.29) is 0 Å². The lowest BCUT2D eigenvalue weighted by molar-refractivity contribution is 0.712. The molecule has 0 atom stereocenters. The van der Waals surface area contributed by atoms with Crippen LogP contribution in [0.25, 0.3) is 0 Å². The molecule has 0 fully saturated rings. The molecule has 0 saturated carbocycles. The van der Waals surface area contributed by atoms with E-state index in [1.165, 1.54) is 6.33 Å². The van der Waals surface area contributed by atoms with Crippen molar-refractivity contribution in [3.63, 3.8) is 0 Å². The molecule has 0 aliphatic carbocycles. The molecule has 0 unspecified atom stereocenters. The lowest BCUT2D eigenvalue weighted by atomic mass is 10.3. The van der Waals surface area contributed by atoms with Crippen molar-refractivity contribution in [2.75, 3.05) is 0 Å². The Balaban J connectivity index is 2.30. The Morgan fingerprint density at radius 2 is 2.36 bits per heavy atom. The summed E-state index contributed by atoms with van der Waals surface area (Å²) in [5, 5.41) is 3.92. The highest BCUT2D eigenvalue weighted by Gasteiger charge is 1.82. The van der Waals surface area contributed by atoms with Crippen LogP contribution >= 0.6 is 0 Å². The summed E-state index contributed by atoms with van der Waals surface area (Å²) in [7, 11) is 0. The number of rotatable bonds is 2. The van der Waals surface area contributed by atoms with E-state index in [1.807, 2.05) is 0 Å². The van der Waals surface area contributed by atoms with Crippen LogP contribution in [-0.4, -0.2) is 14.8 Å². The molecule has 0 N–H and O–H groups in total. The first kappa shape index (κ1) is 7.80. The summed E-state index contributed by atoms with van der Waals surface area (Å²) in [6, 6.07) is 0. The van der Waals surface area contributed by atoms with Gasteiger partial charge in [0.15, 0.2) is 0 Å². The standard InChI is InChI=1S/C8H11N3/c1-2-3-4-5-6-11-8-9-7-10-11/h7-8H,2-3,6H2,1H3. The van der Waals surface area contributed by atoms with Crippen molar-refractivity contribution in [1.82, 2.24) is 14.8 Å². The van der Waals surface area contributed by atoms with Gasteiger partial charge in [0.05, 0.1) is 0 Å². The first-order valence-corrected chi connectivity index (χ1v) is 3.71. The molecule has 1 aromatic rings. The van der Waals surface area contributed by atoms with Gasteiger partial charge in [-0.3, -0.25) is 0 Å². The van der Waals surface area contributed by atoms with Gasteiger partial charge in [-0.2, -0.15) is 5.10 Å². The molecule has 0 spiro atoms. The first-order chi connectivity index (χ1) is 5.43. The zero-order valence-electron chi connectivity index (χ0n) is 6.62. The third-order valence-electron chi connectivity index (χ3n) is 1.21. The summed E-state index contributed by atoms with van der Waals surface area (Å²) in [6.07, 6.45) is 5.27. The van der Waals surface area contributed by atoms with Crippen LogP contribution in [0.15, 0.2) is 12.7 Å². The van der Waals surface area contributed by atoms with Crippen LogP contribution in [0.1, 0.15) is 19.8 Å². The molecule has 0 saturated heterocycles. The number of hydrogen-bond acceptors (Lipinski definition) is 2. The lowest BCUT2D eigenvalue weighted by Crippen LogP contribution is -1.94. The van der Waals surface area contributed by atoms with E-state index in [4.69, 9.17) is 0 Å². The van der Waals surface area contributed by atoms with Crippen LogP contribution in [0.4, 0.5) is 0 Å². The van der Waals surface area contributed by atoms with E-state index in [0.29, 0.717) is 6.54 Å². The molecule has 58 valence electrons. The van der Waals surface area contributed by atoms with Crippen LogP contribution in [0, 0.1) is 11.8 Å². The average Bonchev–Trinajstić information content (AvgIpc) is 2.50. The molecule has 0 amide bonds. The molecule has 1 rings (SSSR count). The Morgan fingerprint density at radius 1 is 1.45 bits per heavy atom. The number of hydrogen-bond donors (Lipinski definition) is 0. The number of nitrogens with zero attached hydrogens (tertiary/aromatic N) is 3. The first-order valence-electron chi connectivity index (χ1n) is 3.71. The summed E-state index contributed by atoms with van der Waals surface area (Å²) in [6.45, 7) is 2.77. The van der Waals surface area contributed by atoms with Gasteiger partial charge in [-0.05, 0) is 6.42 Å². The third-order valence-corrected chi connectivity index (χ3v) is 1.21. The summed E-state index contributed by atoms with van der Waals surface area (Å²) in [5.41, 5.74) is 0. The monoisotopic (exact) mass is 149 g/mol. The number of unbranched alkanes of at least 4 members (excludes halogenated alkanes) is 1. The van der Waals surface area contributed by atoms with Crippen LogP contribution in [0.2, 0.25) is 0 Å². The van der Waals surface area contributed by atoms with Crippen molar-refractivity contribution in [2.45, 2.75) is 26.3 Å². The maximum absolute atomic E-state index is 3.92. The van der Waals surface area contributed by atoms with Gasteiger partial charge >= 0.3 is 0 Å². The fourth-order valence-electron chi connectivity index (χ4n) is 0.665. The molecule has 0 aromatic carbocycles. The average molecular weight is 149 g/mol. The summed E-state index contributed by atoms with van der Waals surface area (Å²) < 4.78 is 1.71. The van der Waals surface area contributed by atoms with Crippen molar-refractivity contribution in [3.05, 3.63) is 12.7 Å². The minimum atomic E-state index is 0.653. The van der Waals surface area contributed by atoms with Crippen molar-refractivity contribution >= 4 is 0 Å². The third kappa shape index (κ3) is 2.85. The Bertz CT molecular complexity index is 240. The molecule has 1 heterocycles. The molecule has 11 heavy (non-hydrogen) atoms. The summed E-state index contributed by atoms with van der Waals surface area (Å²) in [4.78, 5) is 3.81. The predicted octanol–water partition coefficient (Wildman–Crippen LogP) is 1.08. The van der Waals surface area contributed by atoms with Gasteiger partial charge in [-0.1, -0.05) is 12.8 Å². The molecule has 1 aromatic heterocycles. The highest BCUT2D eigenvalue weighted by molar-refractivity contribution is 4.98. The van der Waals surface area contributed by atoms with E-state index >= 15 is 0 Å². The predicted molar refractivity (Wildman–Crippen MR) is 42.7 cm³/mol. The minimum Gasteiger partial charge on any atom is -0.241 e. The largest absolute Gasteiger partial charge is 0.241 e. The minimum absolute atomic E-state index is 0.653. The maximum Gasteiger partial charge on any atom is 0.137 e. The van der Waals surface area contributed by atoms with E-state index in [1.54, 1.807) is 11.0 Å². The summed E-state index contributed by atoms with van der Waals surface area (Å²) in [5.74, 6) is 6.03. The van der Waals surface area contributed by atoms with Crippen molar-refractivity contribution in [3.8, 4) is 11.8 Å². The van der Waals surface area contributed by atoms with Crippen LogP contribution in [0.3, 0.4) is 0 Å². The zero-order valence-corrected chi connectivity index (χ0v) is 6.62. The molecule has 0 aliphatic rings. The van der Waals surface area contributed by atoms with Crippen molar-refractivity contribution < 1.29 is 0 Å². The van der Waals surface area contributed by atoms with Gasteiger partial charge in [-0.25, -0.2) is 9.67 Å². The Labute approximate surface area is 66.4 Å². The Morgan fingerprint density at radius 3 is 3.00 bits per heavy atom. The quantitative estimate of drug-likeness (QED) is 0.589. The molecule has 0 aliphatic heterocycles. The van der Waals surface area contributed by atoms with Crippen molar-refractivity contribution in [1.29, 1.82) is 0 Å². The normalized spacial score (nSPS) is 8.82. The highest BCUT2D eigenvalue weighted by Crippen LogP contribution is 1.82. The molecule has 0 radical (unpaired) electrons. The molecule has 3 heteroatoms. The Kier molecular flexibility index (Phi) is 3.20. The van der Waals surface area contributed by atoms with Gasteiger partial charge in [0, 0.05) is 6.42 Å². The van der Waals surface area contributed by atoms with Crippen molar-refractivity contribution in [2.24, 2.45) is 0 Å².